The molecule has 5 aliphatic rings. The van der Waals surface area contributed by atoms with Crippen LogP contribution in [0.1, 0.15) is 106 Å². The average molecular weight is 473 g/mol. The number of aliphatic carboxylic acids is 1. The number of carboxylic acid groups (broad SMARTS) is 1. The van der Waals surface area contributed by atoms with Crippen molar-refractivity contribution in [1.82, 2.24) is 0 Å². The van der Waals surface area contributed by atoms with Gasteiger partial charge in [-0.3, -0.25) is 4.79 Å². The van der Waals surface area contributed by atoms with Gasteiger partial charge in [-0.1, -0.05) is 59.6 Å². The predicted octanol–water partition coefficient (Wildman–Crippen LogP) is 6.41. The standard InChI is InChI=1S/C30H48O4/c1-18-10-15-29(24(31)32)16-17-30(25(33)34)20(23(29)19(18)2)8-9-22-27(5)13-7-12-26(3,4)21(27)11-14-28(22,30)6/h8,18-19,21-23,25,33-34H,7,9-17H2,1-6H3,(H,31,32)/t18-,19+,21+,22-,23+,27+,28-,29+,30-/m1/s1. The molecule has 4 saturated carbocycles. The van der Waals surface area contributed by atoms with Crippen molar-refractivity contribution in [3.63, 3.8) is 0 Å². The smallest absolute Gasteiger partial charge is 0.310 e. The zero-order valence-corrected chi connectivity index (χ0v) is 22.4. The van der Waals surface area contributed by atoms with Gasteiger partial charge in [0.05, 0.1) is 5.41 Å². The molecule has 0 spiro atoms. The Morgan fingerprint density at radius 2 is 1.65 bits per heavy atom. The van der Waals surface area contributed by atoms with E-state index in [0.29, 0.717) is 42.4 Å². The van der Waals surface area contributed by atoms with Crippen LogP contribution in [0.5, 0.6) is 0 Å². The lowest BCUT2D eigenvalue weighted by Crippen LogP contribution is -2.67. The Bertz CT molecular complexity index is 890. The van der Waals surface area contributed by atoms with E-state index >= 15 is 0 Å². The fraction of sp³-hybridized carbons (Fsp3) is 0.900. The Hall–Kier alpha value is -0.870. The molecule has 3 N–H and O–H groups in total. The van der Waals surface area contributed by atoms with Gasteiger partial charge in [0.2, 0.25) is 0 Å². The van der Waals surface area contributed by atoms with Gasteiger partial charge in [0.15, 0.2) is 6.29 Å². The molecule has 4 heteroatoms. The summed E-state index contributed by atoms with van der Waals surface area (Å²) in [4.78, 5) is 12.8. The van der Waals surface area contributed by atoms with Crippen molar-refractivity contribution in [3.8, 4) is 0 Å². The molecule has 5 aliphatic carbocycles. The van der Waals surface area contributed by atoms with E-state index in [0.717, 1.165) is 31.3 Å². The summed E-state index contributed by atoms with van der Waals surface area (Å²) in [5, 5.41) is 33.1. The molecule has 5 rings (SSSR count). The molecular weight excluding hydrogens is 424 g/mol. The van der Waals surface area contributed by atoms with Crippen LogP contribution >= 0.6 is 0 Å². The van der Waals surface area contributed by atoms with Gasteiger partial charge in [-0.2, -0.15) is 0 Å². The molecule has 9 atom stereocenters. The summed E-state index contributed by atoms with van der Waals surface area (Å²) in [7, 11) is 0. The van der Waals surface area contributed by atoms with Gasteiger partial charge in [-0.05, 0) is 104 Å². The minimum atomic E-state index is -1.44. The minimum Gasteiger partial charge on any atom is -0.481 e. The number of allylic oxidation sites excluding steroid dienone is 1. The zero-order chi connectivity index (χ0) is 24.9. The zero-order valence-electron chi connectivity index (χ0n) is 22.4. The number of aliphatic hydroxyl groups excluding tert-OH is 1. The maximum atomic E-state index is 12.8. The largest absolute Gasteiger partial charge is 0.481 e. The molecule has 192 valence electrons. The fourth-order valence-electron chi connectivity index (χ4n) is 11.2. The lowest BCUT2D eigenvalue weighted by atomic mass is 9.33. The highest BCUT2D eigenvalue weighted by Crippen LogP contribution is 2.76. The molecule has 0 aromatic rings. The van der Waals surface area contributed by atoms with Crippen molar-refractivity contribution in [3.05, 3.63) is 11.6 Å². The first kappa shape index (κ1) is 24.8. The van der Waals surface area contributed by atoms with E-state index in [2.05, 4.69) is 47.6 Å². The van der Waals surface area contributed by atoms with Crippen LogP contribution in [-0.2, 0) is 4.79 Å². The van der Waals surface area contributed by atoms with Gasteiger partial charge in [0, 0.05) is 5.41 Å². The molecule has 4 nitrogen and oxygen atoms in total. The molecule has 4 fully saturated rings. The number of hydrogen-bond donors (Lipinski definition) is 3. The van der Waals surface area contributed by atoms with Gasteiger partial charge in [-0.15, -0.1) is 0 Å². The van der Waals surface area contributed by atoms with Crippen LogP contribution in [0, 0.1) is 56.7 Å². The first-order valence-electron chi connectivity index (χ1n) is 14.1. The lowest BCUT2D eigenvalue weighted by Gasteiger charge is -2.71. The van der Waals surface area contributed by atoms with E-state index in [1.54, 1.807) is 0 Å². The molecule has 0 amide bonds. The summed E-state index contributed by atoms with van der Waals surface area (Å²) in [6.45, 7) is 14.2. The first-order valence-corrected chi connectivity index (χ1v) is 14.1. The van der Waals surface area contributed by atoms with Crippen LogP contribution in [0.2, 0.25) is 0 Å². The second-order valence-corrected chi connectivity index (χ2v) is 14.5. The Labute approximate surface area is 206 Å². The van der Waals surface area contributed by atoms with Crippen molar-refractivity contribution in [1.29, 1.82) is 0 Å². The third-order valence-corrected chi connectivity index (χ3v) is 13.1. The molecule has 0 aliphatic heterocycles. The second kappa shape index (κ2) is 7.57. The van der Waals surface area contributed by atoms with Gasteiger partial charge in [-0.25, -0.2) is 0 Å². The molecule has 34 heavy (non-hydrogen) atoms. The third-order valence-electron chi connectivity index (χ3n) is 13.1. The lowest BCUT2D eigenvalue weighted by molar-refractivity contribution is -0.253. The molecule has 0 unspecified atom stereocenters. The molecule has 0 saturated heterocycles. The highest BCUT2D eigenvalue weighted by atomic mass is 16.5. The van der Waals surface area contributed by atoms with Crippen LogP contribution in [0.3, 0.4) is 0 Å². The monoisotopic (exact) mass is 472 g/mol. The number of rotatable bonds is 2. The first-order chi connectivity index (χ1) is 15.8. The van der Waals surface area contributed by atoms with Gasteiger partial charge >= 0.3 is 5.97 Å². The van der Waals surface area contributed by atoms with Gasteiger partial charge in [0.1, 0.15) is 0 Å². The van der Waals surface area contributed by atoms with Crippen molar-refractivity contribution in [2.24, 2.45) is 56.7 Å². The van der Waals surface area contributed by atoms with Gasteiger partial charge < -0.3 is 15.3 Å². The highest BCUT2D eigenvalue weighted by molar-refractivity contribution is 5.76. The maximum Gasteiger partial charge on any atom is 0.310 e. The third kappa shape index (κ3) is 2.82. The van der Waals surface area contributed by atoms with E-state index in [1.807, 2.05) is 0 Å². The van der Waals surface area contributed by atoms with Crippen molar-refractivity contribution in [2.75, 3.05) is 0 Å². The summed E-state index contributed by atoms with van der Waals surface area (Å²) in [5.74, 6) is 0.964. The molecule has 0 bridgehead atoms. The van der Waals surface area contributed by atoms with Crippen molar-refractivity contribution < 1.29 is 20.1 Å². The topological polar surface area (TPSA) is 77.8 Å². The van der Waals surface area contributed by atoms with Gasteiger partial charge in [0.25, 0.3) is 0 Å². The summed E-state index contributed by atoms with van der Waals surface area (Å²) < 4.78 is 0. The van der Waals surface area contributed by atoms with E-state index < -0.39 is 23.1 Å². The Morgan fingerprint density at radius 1 is 0.941 bits per heavy atom. The van der Waals surface area contributed by atoms with Crippen LogP contribution < -0.4 is 0 Å². The highest BCUT2D eigenvalue weighted by Gasteiger charge is 2.72. The summed E-state index contributed by atoms with van der Waals surface area (Å²) in [5.41, 5.74) is -0.110. The van der Waals surface area contributed by atoms with Crippen molar-refractivity contribution >= 4 is 5.97 Å². The maximum absolute atomic E-state index is 12.8. The second-order valence-electron chi connectivity index (χ2n) is 14.5. The summed E-state index contributed by atoms with van der Waals surface area (Å²) >= 11 is 0. The number of aliphatic hydroxyl groups is 2. The normalized spacial score (nSPS) is 52.0. The quantitative estimate of drug-likeness (QED) is 0.320. The number of fused-ring (bicyclic) bond motifs is 7. The molecule has 0 aromatic heterocycles. The van der Waals surface area contributed by atoms with E-state index in [-0.39, 0.29) is 22.7 Å². The number of hydrogen-bond acceptors (Lipinski definition) is 3. The van der Waals surface area contributed by atoms with Crippen LogP contribution in [0.15, 0.2) is 11.6 Å². The van der Waals surface area contributed by atoms with Crippen LogP contribution in [-0.4, -0.2) is 27.6 Å². The number of carboxylic acids is 1. The average Bonchev–Trinajstić information content (AvgIpc) is 2.74. The number of carbonyl (C=O) groups is 1. The van der Waals surface area contributed by atoms with E-state index in [4.69, 9.17) is 0 Å². The molecular formula is C30H48O4. The molecule has 0 heterocycles. The minimum absolute atomic E-state index is 0.101. The Kier molecular flexibility index (Phi) is 5.52. The van der Waals surface area contributed by atoms with Crippen molar-refractivity contribution in [2.45, 2.75) is 112 Å². The Morgan fingerprint density at radius 3 is 2.29 bits per heavy atom. The SMILES string of the molecule is C[C@H]1[C@H](C)CC[C@]2(C(=O)O)CC[C@]3(C(O)O)C(=CC[C@@H]4[C@@]5(C)CCCC(C)(C)[C@@H]5CC[C@]43C)[C@H]12. The van der Waals surface area contributed by atoms with E-state index in [1.165, 1.54) is 19.3 Å². The summed E-state index contributed by atoms with van der Waals surface area (Å²) in [6, 6.07) is 0. The van der Waals surface area contributed by atoms with Crippen LogP contribution in [0.25, 0.3) is 0 Å². The van der Waals surface area contributed by atoms with Crippen LogP contribution in [0.4, 0.5) is 0 Å². The summed E-state index contributed by atoms with van der Waals surface area (Å²) in [6.07, 6.45) is 10.5. The fourth-order valence-corrected chi connectivity index (χ4v) is 11.2. The Balaban J connectivity index is 1.68. The van der Waals surface area contributed by atoms with E-state index in [9.17, 15) is 20.1 Å². The molecule has 0 radical (unpaired) electrons. The molecule has 0 aromatic carbocycles. The predicted molar refractivity (Wildman–Crippen MR) is 134 cm³/mol.